The number of carboxylic acid groups (broad SMARTS) is 1. The number of nitriles is 1. The van der Waals surface area contributed by atoms with Crippen LogP contribution in [0, 0.1) is 11.3 Å². The standard InChI is InChI=1S/C7H8BrNO2/c8-4-3-6(7(10)11)2-1-5-9/h3H,1-2,4H2,(H,10,11). The second kappa shape index (κ2) is 5.93. The molecular formula is C7H8BrNO2. The van der Waals surface area contributed by atoms with E-state index in [1.165, 1.54) is 0 Å². The summed E-state index contributed by atoms with van der Waals surface area (Å²) in [5, 5.41) is 17.2. The average Bonchev–Trinajstić information content (AvgIpc) is 1.97. The molecule has 0 amide bonds. The van der Waals surface area contributed by atoms with Gasteiger partial charge in [0, 0.05) is 17.3 Å². The van der Waals surface area contributed by atoms with Crippen molar-refractivity contribution in [3.05, 3.63) is 11.6 Å². The number of nitrogens with zero attached hydrogens (tertiary/aromatic N) is 1. The Morgan fingerprint density at radius 3 is 2.73 bits per heavy atom. The van der Waals surface area contributed by atoms with Gasteiger partial charge in [-0.25, -0.2) is 4.79 Å². The molecule has 0 aliphatic rings. The Hall–Kier alpha value is -0.820. The topological polar surface area (TPSA) is 61.1 Å². The fraction of sp³-hybridized carbons (Fsp3) is 0.429. The molecule has 3 nitrogen and oxygen atoms in total. The number of rotatable bonds is 4. The molecule has 0 fully saturated rings. The van der Waals surface area contributed by atoms with Crippen molar-refractivity contribution in [3.63, 3.8) is 0 Å². The summed E-state index contributed by atoms with van der Waals surface area (Å²) in [6.07, 6.45) is 2.13. The van der Waals surface area contributed by atoms with Crippen molar-refractivity contribution in [1.82, 2.24) is 0 Å². The van der Waals surface area contributed by atoms with Crippen molar-refractivity contribution in [2.45, 2.75) is 12.8 Å². The molecule has 11 heavy (non-hydrogen) atoms. The Balaban J connectivity index is 4.03. The van der Waals surface area contributed by atoms with Crippen molar-refractivity contribution >= 4 is 21.9 Å². The van der Waals surface area contributed by atoms with Gasteiger partial charge >= 0.3 is 5.97 Å². The first-order valence-corrected chi connectivity index (χ1v) is 4.19. The molecule has 0 atom stereocenters. The monoisotopic (exact) mass is 217 g/mol. The maximum atomic E-state index is 10.4. The molecule has 1 N–H and O–H groups in total. The molecule has 0 saturated heterocycles. The molecule has 0 aromatic heterocycles. The SMILES string of the molecule is N#CCCC(=CCBr)C(=O)O. The minimum atomic E-state index is -0.945. The zero-order valence-electron chi connectivity index (χ0n) is 5.88. The Morgan fingerprint density at radius 2 is 2.36 bits per heavy atom. The Labute approximate surface area is 73.5 Å². The van der Waals surface area contributed by atoms with Crippen LogP contribution < -0.4 is 0 Å². The number of carboxylic acids is 1. The van der Waals surface area contributed by atoms with Crippen molar-refractivity contribution in [1.29, 1.82) is 5.26 Å². The highest BCUT2D eigenvalue weighted by molar-refractivity contribution is 9.09. The lowest BCUT2D eigenvalue weighted by molar-refractivity contribution is -0.132. The third-order valence-electron chi connectivity index (χ3n) is 1.10. The van der Waals surface area contributed by atoms with Gasteiger partial charge in [0.1, 0.15) is 0 Å². The van der Waals surface area contributed by atoms with E-state index in [1.807, 2.05) is 6.07 Å². The number of allylic oxidation sites excluding steroid dienone is 1. The van der Waals surface area contributed by atoms with Crippen molar-refractivity contribution in [3.8, 4) is 6.07 Å². The maximum Gasteiger partial charge on any atom is 0.331 e. The van der Waals surface area contributed by atoms with Gasteiger partial charge in [-0.15, -0.1) is 0 Å². The van der Waals surface area contributed by atoms with Gasteiger partial charge in [-0.1, -0.05) is 22.0 Å². The summed E-state index contributed by atoms with van der Waals surface area (Å²) >= 11 is 3.09. The number of hydrogen-bond donors (Lipinski definition) is 1. The molecule has 0 spiro atoms. The molecule has 0 unspecified atom stereocenters. The third kappa shape index (κ3) is 4.57. The van der Waals surface area contributed by atoms with Crippen molar-refractivity contribution in [2.24, 2.45) is 0 Å². The Bertz CT molecular complexity index is 205. The van der Waals surface area contributed by atoms with Gasteiger partial charge in [0.05, 0.1) is 6.07 Å². The molecule has 0 aliphatic carbocycles. The molecule has 0 aliphatic heterocycles. The summed E-state index contributed by atoms with van der Waals surface area (Å²) in [5.41, 5.74) is 0.295. The lowest BCUT2D eigenvalue weighted by Crippen LogP contribution is -2.00. The van der Waals surface area contributed by atoms with E-state index in [0.717, 1.165) is 0 Å². The van der Waals surface area contributed by atoms with Gasteiger partial charge in [-0.05, 0) is 6.42 Å². The van der Waals surface area contributed by atoms with Crippen LogP contribution in [0.2, 0.25) is 0 Å². The van der Waals surface area contributed by atoms with E-state index in [-0.39, 0.29) is 6.42 Å². The van der Waals surface area contributed by atoms with Crippen LogP contribution in [-0.4, -0.2) is 16.4 Å². The normalized spacial score (nSPS) is 10.7. The highest BCUT2D eigenvalue weighted by Gasteiger charge is 2.04. The molecule has 0 aromatic carbocycles. The largest absolute Gasteiger partial charge is 0.478 e. The van der Waals surface area contributed by atoms with E-state index < -0.39 is 5.97 Å². The van der Waals surface area contributed by atoms with Crippen LogP contribution in [0.3, 0.4) is 0 Å². The van der Waals surface area contributed by atoms with E-state index >= 15 is 0 Å². The predicted molar refractivity (Wildman–Crippen MR) is 44.4 cm³/mol. The third-order valence-corrected chi connectivity index (χ3v) is 1.43. The zero-order chi connectivity index (χ0) is 8.69. The zero-order valence-corrected chi connectivity index (χ0v) is 7.47. The summed E-state index contributed by atoms with van der Waals surface area (Å²) in [6.45, 7) is 0. The lowest BCUT2D eigenvalue weighted by Gasteiger charge is -1.95. The fourth-order valence-corrected chi connectivity index (χ4v) is 0.971. The minimum Gasteiger partial charge on any atom is -0.478 e. The van der Waals surface area contributed by atoms with Gasteiger partial charge in [0.25, 0.3) is 0 Å². The fourth-order valence-electron chi connectivity index (χ4n) is 0.580. The van der Waals surface area contributed by atoms with Gasteiger partial charge in [-0.2, -0.15) is 5.26 Å². The second-order valence-electron chi connectivity index (χ2n) is 1.85. The quantitative estimate of drug-likeness (QED) is 0.576. The number of halogens is 1. The smallest absolute Gasteiger partial charge is 0.331 e. The van der Waals surface area contributed by atoms with E-state index in [2.05, 4.69) is 15.9 Å². The molecule has 0 aromatic rings. The van der Waals surface area contributed by atoms with Gasteiger partial charge < -0.3 is 5.11 Å². The lowest BCUT2D eigenvalue weighted by atomic mass is 10.1. The van der Waals surface area contributed by atoms with Crippen LogP contribution in [0.5, 0.6) is 0 Å². The summed E-state index contributed by atoms with van der Waals surface area (Å²) in [7, 11) is 0. The summed E-state index contributed by atoms with van der Waals surface area (Å²) in [4.78, 5) is 10.4. The highest BCUT2D eigenvalue weighted by atomic mass is 79.9. The second-order valence-corrected chi connectivity index (χ2v) is 2.49. The maximum absolute atomic E-state index is 10.4. The number of carbonyl (C=O) groups is 1. The molecule has 60 valence electrons. The summed E-state index contributed by atoms with van der Waals surface area (Å²) < 4.78 is 0. The van der Waals surface area contributed by atoms with Gasteiger partial charge in [-0.3, -0.25) is 0 Å². The van der Waals surface area contributed by atoms with Gasteiger partial charge in [0.15, 0.2) is 0 Å². The van der Waals surface area contributed by atoms with E-state index in [9.17, 15) is 4.79 Å². The molecule has 0 saturated carbocycles. The van der Waals surface area contributed by atoms with Crippen molar-refractivity contribution in [2.75, 3.05) is 5.33 Å². The number of alkyl halides is 1. The van der Waals surface area contributed by atoms with Crippen LogP contribution >= 0.6 is 15.9 Å². The van der Waals surface area contributed by atoms with E-state index in [4.69, 9.17) is 10.4 Å². The van der Waals surface area contributed by atoms with Crippen LogP contribution in [0.4, 0.5) is 0 Å². The van der Waals surface area contributed by atoms with Crippen LogP contribution in [0.1, 0.15) is 12.8 Å². The average molecular weight is 218 g/mol. The molecular weight excluding hydrogens is 210 g/mol. The summed E-state index contributed by atoms with van der Waals surface area (Å²) in [5.74, 6) is -0.945. The van der Waals surface area contributed by atoms with Crippen LogP contribution in [-0.2, 0) is 4.79 Å². The van der Waals surface area contributed by atoms with E-state index in [1.54, 1.807) is 6.08 Å². The summed E-state index contributed by atoms with van der Waals surface area (Å²) in [6, 6.07) is 1.89. The van der Waals surface area contributed by atoms with Gasteiger partial charge in [0.2, 0.25) is 0 Å². The first-order chi connectivity index (χ1) is 5.22. The molecule has 0 bridgehead atoms. The number of aliphatic carboxylic acids is 1. The molecule has 0 heterocycles. The minimum absolute atomic E-state index is 0.255. The Kier molecular flexibility index (Phi) is 5.49. The first kappa shape index (κ1) is 10.2. The number of hydrogen-bond acceptors (Lipinski definition) is 2. The van der Waals surface area contributed by atoms with Crippen molar-refractivity contribution < 1.29 is 9.90 Å². The first-order valence-electron chi connectivity index (χ1n) is 3.07. The molecule has 4 heteroatoms. The molecule has 0 rings (SSSR count). The Morgan fingerprint density at radius 1 is 1.73 bits per heavy atom. The molecule has 0 radical (unpaired) electrons. The highest BCUT2D eigenvalue weighted by Crippen LogP contribution is 2.05. The van der Waals surface area contributed by atoms with E-state index in [0.29, 0.717) is 17.3 Å². The predicted octanol–water partition coefficient (Wildman–Crippen LogP) is 1.70. The van der Waals surface area contributed by atoms with Crippen LogP contribution in [0.15, 0.2) is 11.6 Å². The van der Waals surface area contributed by atoms with Crippen LogP contribution in [0.25, 0.3) is 0 Å².